The maximum absolute atomic E-state index is 10.7. The fraction of sp³-hybridized carbons (Fsp3) is 0.667. The van der Waals surface area contributed by atoms with Gasteiger partial charge in [0, 0.05) is 19.3 Å². The van der Waals surface area contributed by atoms with Crippen LogP contribution in [0.2, 0.25) is 0 Å². The summed E-state index contributed by atoms with van der Waals surface area (Å²) >= 11 is 0. The quantitative estimate of drug-likeness (QED) is 0.380. The SMILES string of the molecule is CCCCCC#C/C=C\C(O)(C#CCCCCC)C#CCCCCC. The Balaban J connectivity index is 4.74. The summed E-state index contributed by atoms with van der Waals surface area (Å²) in [7, 11) is 0. The highest BCUT2D eigenvalue weighted by molar-refractivity contribution is 5.38. The van der Waals surface area contributed by atoms with Crippen LogP contribution in [-0.2, 0) is 0 Å². The van der Waals surface area contributed by atoms with E-state index < -0.39 is 5.60 Å². The van der Waals surface area contributed by atoms with Crippen molar-refractivity contribution in [3.05, 3.63) is 12.2 Å². The molecular formula is C24H36O. The molecule has 0 bridgehead atoms. The molecule has 1 nitrogen and oxygen atoms in total. The van der Waals surface area contributed by atoms with Crippen molar-refractivity contribution < 1.29 is 5.11 Å². The molecule has 0 unspecified atom stereocenters. The van der Waals surface area contributed by atoms with Crippen molar-refractivity contribution in [2.45, 2.75) is 103 Å². The largest absolute Gasteiger partial charge is 0.364 e. The number of unbranched alkanes of at least 4 members (excludes halogenated alkanes) is 9. The molecule has 0 atom stereocenters. The molecule has 0 aliphatic carbocycles. The lowest BCUT2D eigenvalue weighted by atomic mass is 10.0. The fourth-order valence-electron chi connectivity index (χ4n) is 2.19. The summed E-state index contributed by atoms with van der Waals surface area (Å²) in [6.07, 6.45) is 16.3. The van der Waals surface area contributed by atoms with E-state index in [0.717, 1.165) is 38.5 Å². The summed E-state index contributed by atoms with van der Waals surface area (Å²) in [6, 6.07) is 0. The van der Waals surface area contributed by atoms with Crippen LogP contribution in [-0.4, -0.2) is 10.7 Å². The molecule has 25 heavy (non-hydrogen) atoms. The monoisotopic (exact) mass is 340 g/mol. The van der Waals surface area contributed by atoms with E-state index in [1.54, 1.807) is 12.2 Å². The summed E-state index contributed by atoms with van der Waals surface area (Å²) in [5.74, 6) is 18.1. The third-order valence-electron chi connectivity index (χ3n) is 3.78. The molecule has 0 heterocycles. The first-order valence-electron chi connectivity index (χ1n) is 10.1. The van der Waals surface area contributed by atoms with E-state index in [2.05, 4.69) is 56.3 Å². The first kappa shape index (κ1) is 23.4. The molecule has 0 saturated carbocycles. The number of aliphatic hydroxyl groups is 1. The zero-order valence-corrected chi connectivity index (χ0v) is 16.6. The molecule has 0 amide bonds. The van der Waals surface area contributed by atoms with Gasteiger partial charge in [0.1, 0.15) is 0 Å². The van der Waals surface area contributed by atoms with Crippen LogP contribution < -0.4 is 0 Å². The first-order chi connectivity index (χ1) is 12.2. The van der Waals surface area contributed by atoms with E-state index in [1.165, 1.54) is 38.5 Å². The molecule has 0 radical (unpaired) electrons. The molecule has 0 aromatic heterocycles. The Labute approximate surface area is 156 Å². The zero-order valence-electron chi connectivity index (χ0n) is 16.6. The van der Waals surface area contributed by atoms with E-state index in [1.807, 2.05) is 0 Å². The lowest BCUT2D eigenvalue weighted by Crippen LogP contribution is -2.20. The Bertz CT molecular complexity index is 494. The van der Waals surface area contributed by atoms with Crippen molar-refractivity contribution in [1.82, 2.24) is 0 Å². The third-order valence-corrected chi connectivity index (χ3v) is 3.78. The predicted molar refractivity (Wildman–Crippen MR) is 110 cm³/mol. The van der Waals surface area contributed by atoms with Crippen LogP contribution in [0, 0.1) is 35.5 Å². The predicted octanol–water partition coefficient (Wildman–Crippen LogP) is 6.02. The number of allylic oxidation sites excluding steroid dienone is 1. The van der Waals surface area contributed by atoms with Crippen LogP contribution in [0.25, 0.3) is 0 Å². The Hall–Kier alpha value is -1.62. The number of hydrogen-bond donors (Lipinski definition) is 1. The minimum atomic E-state index is -1.36. The fourth-order valence-corrected chi connectivity index (χ4v) is 2.19. The normalized spacial score (nSPS) is 10.4. The van der Waals surface area contributed by atoms with Gasteiger partial charge in [0.15, 0.2) is 0 Å². The van der Waals surface area contributed by atoms with Gasteiger partial charge in [-0.1, -0.05) is 94.8 Å². The van der Waals surface area contributed by atoms with Crippen LogP contribution in [0.1, 0.15) is 97.8 Å². The molecule has 0 rings (SSSR count). The highest BCUT2D eigenvalue weighted by atomic mass is 16.3. The van der Waals surface area contributed by atoms with Gasteiger partial charge in [-0.15, -0.1) is 0 Å². The van der Waals surface area contributed by atoms with Gasteiger partial charge >= 0.3 is 0 Å². The first-order valence-corrected chi connectivity index (χ1v) is 10.1. The zero-order chi connectivity index (χ0) is 18.6. The second kappa shape index (κ2) is 17.2. The van der Waals surface area contributed by atoms with Crippen LogP contribution in [0.4, 0.5) is 0 Å². The van der Waals surface area contributed by atoms with E-state index in [4.69, 9.17) is 0 Å². The third kappa shape index (κ3) is 15.6. The smallest absolute Gasteiger partial charge is 0.207 e. The van der Waals surface area contributed by atoms with Crippen molar-refractivity contribution >= 4 is 0 Å². The van der Waals surface area contributed by atoms with Gasteiger partial charge in [0.05, 0.1) is 0 Å². The minimum absolute atomic E-state index is 0.810. The Kier molecular flexibility index (Phi) is 16.1. The summed E-state index contributed by atoms with van der Waals surface area (Å²) in [5.41, 5.74) is -1.36. The van der Waals surface area contributed by atoms with Gasteiger partial charge in [-0.2, -0.15) is 0 Å². The average Bonchev–Trinajstić information content (AvgIpc) is 2.61. The van der Waals surface area contributed by atoms with Crippen LogP contribution in [0.15, 0.2) is 12.2 Å². The summed E-state index contributed by atoms with van der Waals surface area (Å²) in [6.45, 7) is 6.53. The topological polar surface area (TPSA) is 20.2 Å². The van der Waals surface area contributed by atoms with E-state index in [-0.39, 0.29) is 0 Å². The Morgan fingerprint density at radius 3 is 1.56 bits per heavy atom. The Morgan fingerprint density at radius 2 is 1.12 bits per heavy atom. The standard InChI is InChI=1S/C24H36O/c1-4-7-10-13-14-17-20-23-24(25,21-18-15-11-8-5-2)22-19-16-12-9-6-3/h20,23,25H,4-13,15-16H2,1-3H3/b23-20-. The molecular weight excluding hydrogens is 304 g/mol. The molecule has 138 valence electrons. The minimum Gasteiger partial charge on any atom is -0.364 e. The number of rotatable bonds is 10. The van der Waals surface area contributed by atoms with Gasteiger partial charge in [-0.25, -0.2) is 0 Å². The maximum Gasteiger partial charge on any atom is 0.207 e. The maximum atomic E-state index is 10.7. The summed E-state index contributed by atoms with van der Waals surface area (Å²) < 4.78 is 0. The molecule has 0 fully saturated rings. The van der Waals surface area contributed by atoms with Crippen molar-refractivity contribution in [2.75, 3.05) is 0 Å². The van der Waals surface area contributed by atoms with Gasteiger partial charge in [0.2, 0.25) is 5.60 Å². The molecule has 0 aromatic rings. The van der Waals surface area contributed by atoms with Crippen LogP contribution in [0.3, 0.4) is 0 Å². The lowest BCUT2D eigenvalue weighted by Gasteiger charge is -2.08. The van der Waals surface area contributed by atoms with Crippen LogP contribution >= 0.6 is 0 Å². The second-order valence-electron chi connectivity index (χ2n) is 6.40. The van der Waals surface area contributed by atoms with Crippen molar-refractivity contribution in [3.63, 3.8) is 0 Å². The van der Waals surface area contributed by atoms with Crippen molar-refractivity contribution in [1.29, 1.82) is 0 Å². The molecule has 1 heteroatoms. The number of hydrogen-bond acceptors (Lipinski definition) is 1. The highest BCUT2D eigenvalue weighted by Gasteiger charge is 2.15. The van der Waals surface area contributed by atoms with Crippen LogP contribution in [0.5, 0.6) is 0 Å². The molecule has 1 N–H and O–H groups in total. The summed E-state index contributed by atoms with van der Waals surface area (Å²) in [4.78, 5) is 0. The van der Waals surface area contributed by atoms with Gasteiger partial charge < -0.3 is 5.11 Å². The van der Waals surface area contributed by atoms with Gasteiger partial charge in [-0.05, 0) is 31.4 Å². The highest BCUT2D eigenvalue weighted by Crippen LogP contribution is 2.06. The molecule has 0 aliphatic heterocycles. The van der Waals surface area contributed by atoms with E-state index >= 15 is 0 Å². The van der Waals surface area contributed by atoms with Crippen molar-refractivity contribution in [2.24, 2.45) is 0 Å². The molecule has 0 spiro atoms. The molecule has 0 aliphatic rings. The van der Waals surface area contributed by atoms with E-state index in [0.29, 0.717) is 0 Å². The van der Waals surface area contributed by atoms with Crippen molar-refractivity contribution in [3.8, 4) is 35.5 Å². The Morgan fingerprint density at radius 1 is 0.680 bits per heavy atom. The van der Waals surface area contributed by atoms with Gasteiger partial charge in [-0.3, -0.25) is 0 Å². The molecule has 0 aromatic carbocycles. The van der Waals surface area contributed by atoms with Gasteiger partial charge in [0.25, 0.3) is 0 Å². The second-order valence-corrected chi connectivity index (χ2v) is 6.40. The average molecular weight is 341 g/mol. The van der Waals surface area contributed by atoms with E-state index in [9.17, 15) is 5.11 Å². The summed E-state index contributed by atoms with van der Waals surface area (Å²) in [5, 5.41) is 10.7. The lowest BCUT2D eigenvalue weighted by molar-refractivity contribution is 0.214. The molecule has 0 saturated heterocycles.